The van der Waals surface area contributed by atoms with Crippen LogP contribution in [0.1, 0.15) is 13.3 Å². The number of para-hydroxylation sites is 1. The van der Waals surface area contributed by atoms with Crippen LogP contribution in [-0.2, 0) is 9.53 Å². The standard InChI is InChI=1S/C14H21NO4/c1-2-15-13(14(16)17)8-9-18-10-11-19-12-6-4-3-5-7-12/h3-7,13,15H,2,8-11H2,1H3,(H,16,17). The van der Waals surface area contributed by atoms with Gasteiger partial charge < -0.3 is 19.9 Å². The van der Waals surface area contributed by atoms with Crippen LogP contribution in [0, 0.1) is 0 Å². The largest absolute Gasteiger partial charge is 0.491 e. The maximum absolute atomic E-state index is 10.9. The second-order valence-electron chi connectivity index (χ2n) is 4.01. The average Bonchev–Trinajstić information content (AvgIpc) is 2.42. The fourth-order valence-corrected chi connectivity index (χ4v) is 1.60. The summed E-state index contributed by atoms with van der Waals surface area (Å²) in [5, 5.41) is 11.8. The van der Waals surface area contributed by atoms with Crippen molar-refractivity contribution in [1.29, 1.82) is 0 Å². The van der Waals surface area contributed by atoms with Crippen molar-refractivity contribution in [2.45, 2.75) is 19.4 Å². The van der Waals surface area contributed by atoms with E-state index in [0.717, 1.165) is 5.75 Å². The first kappa shape index (κ1) is 15.5. The Kier molecular flexibility index (Phi) is 7.62. The normalized spacial score (nSPS) is 12.1. The number of ether oxygens (including phenoxy) is 2. The summed E-state index contributed by atoms with van der Waals surface area (Å²) in [4.78, 5) is 10.9. The van der Waals surface area contributed by atoms with Crippen molar-refractivity contribution in [1.82, 2.24) is 5.32 Å². The molecule has 0 aliphatic rings. The van der Waals surface area contributed by atoms with Crippen LogP contribution in [0.3, 0.4) is 0 Å². The van der Waals surface area contributed by atoms with Gasteiger partial charge in [0, 0.05) is 6.61 Å². The number of carboxylic acid groups (broad SMARTS) is 1. The molecule has 5 nitrogen and oxygen atoms in total. The molecule has 0 saturated heterocycles. The molecular formula is C14H21NO4. The van der Waals surface area contributed by atoms with Crippen molar-refractivity contribution in [3.63, 3.8) is 0 Å². The van der Waals surface area contributed by atoms with Crippen LogP contribution in [-0.4, -0.2) is 43.5 Å². The number of benzene rings is 1. The van der Waals surface area contributed by atoms with E-state index in [1.54, 1.807) is 0 Å². The van der Waals surface area contributed by atoms with Crippen LogP contribution in [0.2, 0.25) is 0 Å². The van der Waals surface area contributed by atoms with E-state index in [2.05, 4.69) is 5.32 Å². The highest BCUT2D eigenvalue weighted by molar-refractivity contribution is 5.73. The van der Waals surface area contributed by atoms with Crippen LogP contribution in [0.4, 0.5) is 0 Å². The molecule has 2 N–H and O–H groups in total. The van der Waals surface area contributed by atoms with Gasteiger partial charge >= 0.3 is 5.97 Å². The monoisotopic (exact) mass is 267 g/mol. The number of aliphatic carboxylic acids is 1. The van der Waals surface area contributed by atoms with Gasteiger partial charge in [0.05, 0.1) is 6.61 Å². The first-order valence-electron chi connectivity index (χ1n) is 6.45. The summed E-state index contributed by atoms with van der Waals surface area (Å²) in [5.41, 5.74) is 0. The molecule has 0 heterocycles. The van der Waals surface area contributed by atoms with Crippen LogP contribution in [0.25, 0.3) is 0 Å². The van der Waals surface area contributed by atoms with E-state index in [1.165, 1.54) is 0 Å². The molecule has 0 fully saturated rings. The quantitative estimate of drug-likeness (QED) is 0.629. The first-order chi connectivity index (χ1) is 9.24. The maximum Gasteiger partial charge on any atom is 0.320 e. The van der Waals surface area contributed by atoms with Crippen molar-refractivity contribution in [2.24, 2.45) is 0 Å². The van der Waals surface area contributed by atoms with Gasteiger partial charge in [0.2, 0.25) is 0 Å². The Labute approximate surface area is 113 Å². The summed E-state index contributed by atoms with van der Waals surface area (Å²) in [6, 6.07) is 8.96. The van der Waals surface area contributed by atoms with E-state index in [-0.39, 0.29) is 0 Å². The summed E-state index contributed by atoms with van der Waals surface area (Å²) < 4.78 is 10.8. The molecule has 0 aliphatic heterocycles. The van der Waals surface area contributed by atoms with E-state index in [9.17, 15) is 4.79 Å². The lowest BCUT2D eigenvalue weighted by molar-refractivity contribution is -0.140. The molecule has 0 radical (unpaired) electrons. The molecule has 1 unspecified atom stereocenters. The van der Waals surface area contributed by atoms with E-state index in [4.69, 9.17) is 14.6 Å². The summed E-state index contributed by atoms with van der Waals surface area (Å²) in [5.74, 6) is -0.0341. The van der Waals surface area contributed by atoms with Crippen LogP contribution >= 0.6 is 0 Å². The number of hydrogen-bond donors (Lipinski definition) is 2. The fraction of sp³-hybridized carbons (Fsp3) is 0.500. The van der Waals surface area contributed by atoms with Crippen molar-refractivity contribution in [3.8, 4) is 5.75 Å². The highest BCUT2D eigenvalue weighted by Gasteiger charge is 2.14. The molecule has 0 aliphatic carbocycles. The number of carbonyl (C=O) groups is 1. The SMILES string of the molecule is CCNC(CCOCCOc1ccccc1)C(=O)O. The first-order valence-corrected chi connectivity index (χ1v) is 6.45. The third-order valence-electron chi connectivity index (χ3n) is 2.54. The van der Waals surface area contributed by atoms with E-state index >= 15 is 0 Å². The molecule has 1 rings (SSSR count). The molecule has 5 heteroatoms. The Hall–Kier alpha value is -1.59. The van der Waals surface area contributed by atoms with Crippen LogP contribution in [0.15, 0.2) is 30.3 Å². The van der Waals surface area contributed by atoms with Crippen molar-refractivity contribution in [2.75, 3.05) is 26.4 Å². The molecule has 1 atom stereocenters. The van der Waals surface area contributed by atoms with E-state index < -0.39 is 12.0 Å². The zero-order chi connectivity index (χ0) is 13.9. The molecule has 0 bridgehead atoms. The minimum atomic E-state index is -0.842. The predicted octanol–water partition coefficient (Wildman–Crippen LogP) is 1.53. The minimum absolute atomic E-state index is 0.405. The number of nitrogens with one attached hydrogen (secondary N) is 1. The number of carboxylic acids is 1. The van der Waals surface area contributed by atoms with Gasteiger partial charge in [-0.2, -0.15) is 0 Å². The lowest BCUT2D eigenvalue weighted by Crippen LogP contribution is -2.37. The van der Waals surface area contributed by atoms with Crippen LogP contribution < -0.4 is 10.1 Å². The molecule has 1 aromatic carbocycles. The smallest absolute Gasteiger partial charge is 0.320 e. The zero-order valence-corrected chi connectivity index (χ0v) is 11.2. The van der Waals surface area contributed by atoms with Crippen molar-refractivity contribution in [3.05, 3.63) is 30.3 Å². The highest BCUT2D eigenvalue weighted by atomic mass is 16.5. The van der Waals surface area contributed by atoms with Crippen molar-refractivity contribution >= 4 is 5.97 Å². The molecule has 1 aromatic rings. The zero-order valence-electron chi connectivity index (χ0n) is 11.2. The van der Waals surface area contributed by atoms with E-state index in [1.807, 2.05) is 37.3 Å². The molecular weight excluding hydrogens is 246 g/mol. The van der Waals surface area contributed by atoms with Gasteiger partial charge in [-0.1, -0.05) is 25.1 Å². The topological polar surface area (TPSA) is 67.8 Å². The number of hydrogen-bond acceptors (Lipinski definition) is 4. The molecule has 106 valence electrons. The van der Waals surface area contributed by atoms with E-state index in [0.29, 0.717) is 32.8 Å². The average molecular weight is 267 g/mol. The van der Waals surface area contributed by atoms with Gasteiger partial charge in [-0.3, -0.25) is 4.79 Å². The second-order valence-corrected chi connectivity index (χ2v) is 4.01. The third kappa shape index (κ3) is 6.79. The lowest BCUT2D eigenvalue weighted by Gasteiger charge is -2.13. The summed E-state index contributed by atoms with van der Waals surface area (Å²) in [7, 11) is 0. The summed E-state index contributed by atoms with van der Waals surface area (Å²) in [6.07, 6.45) is 0.453. The third-order valence-corrected chi connectivity index (χ3v) is 2.54. The Morgan fingerprint density at radius 3 is 2.63 bits per heavy atom. The van der Waals surface area contributed by atoms with Gasteiger partial charge in [-0.15, -0.1) is 0 Å². The second kappa shape index (κ2) is 9.35. The lowest BCUT2D eigenvalue weighted by atomic mass is 10.2. The van der Waals surface area contributed by atoms with Gasteiger partial charge in [0.15, 0.2) is 0 Å². The molecule has 0 saturated carbocycles. The molecule has 0 amide bonds. The molecule has 19 heavy (non-hydrogen) atoms. The minimum Gasteiger partial charge on any atom is -0.491 e. The number of rotatable bonds is 10. The van der Waals surface area contributed by atoms with Gasteiger partial charge in [0.1, 0.15) is 18.4 Å². The summed E-state index contributed by atoms with van der Waals surface area (Å²) in [6.45, 7) is 3.83. The molecule has 0 spiro atoms. The maximum atomic E-state index is 10.9. The Balaban J connectivity index is 2.06. The van der Waals surface area contributed by atoms with Crippen molar-refractivity contribution < 1.29 is 19.4 Å². The van der Waals surface area contributed by atoms with Crippen LogP contribution in [0.5, 0.6) is 5.75 Å². The highest BCUT2D eigenvalue weighted by Crippen LogP contribution is 2.07. The molecule has 0 aromatic heterocycles. The summed E-state index contributed by atoms with van der Waals surface area (Å²) >= 11 is 0. The Morgan fingerprint density at radius 1 is 1.26 bits per heavy atom. The van der Waals surface area contributed by atoms with Gasteiger partial charge in [-0.25, -0.2) is 0 Å². The van der Waals surface area contributed by atoms with Gasteiger partial charge in [0.25, 0.3) is 0 Å². The Bertz CT molecular complexity index is 356. The fourth-order valence-electron chi connectivity index (χ4n) is 1.60. The van der Waals surface area contributed by atoms with Gasteiger partial charge in [-0.05, 0) is 25.1 Å². The predicted molar refractivity (Wildman–Crippen MR) is 72.5 cm³/mol. The Morgan fingerprint density at radius 2 is 2.00 bits per heavy atom. The number of likely N-dealkylation sites (N-methyl/N-ethyl adjacent to an activating group) is 1.